The van der Waals surface area contributed by atoms with Crippen LogP contribution < -0.4 is 21.8 Å². The van der Waals surface area contributed by atoms with E-state index in [0.29, 0.717) is 11.4 Å². The molecule has 27 heavy (non-hydrogen) atoms. The number of aryl methyl sites for hydroxylation is 2. The number of ether oxygens (including phenoxy) is 1. The smallest absolute Gasteiger partial charge is 0.408 e. The highest BCUT2D eigenvalue weighted by Crippen LogP contribution is 2.23. The third-order valence-corrected chi connectivity index (χ3v) is 3.72. The number of benzene rings is 1. The lowest BCUT2D eigenvalue weighted by atomic mass is 10.1. The maximum atomic E-state index is 12.2. The molecule has 0 bridgehead atoms. The highest BCUT2D eigenvalue weighted by molar-refractivity contribution is 5.94. The molecule has 0 saturated carbocycles. The van der Waals surface area contributed by atoms with E-state index in [2.05, 4.69) is 10.6 Å². The zero-order chi connectivity index (χ0) is 20.8. The van der Waals surface area contributed by atoms with Gasteiger partial charge in [0.25, 0.3) is 5.91 Å². The summed E-state index contributed by atoms with van der Waals surface area (Å²) in [6.45, 7) is 8.84. The Morgan fingerprint density at radius 2 is 1.78 bits per heavy atom. The minimum absolute atomic E-state index is 0.0395. The fraction of sp³-hybridized carbons (Fsp3) is 0.500. The molecule has 9 nitrogen and oxygen atoms in total. The molecule has 0 aliphatic rings. The molecule has 1 unspecified atom stereocenters. The monoisotopic (exact) mass is 380 g/mol. The Labute approximate surface area is 158 Å². The fourth-order valence-electron chi connectivity index (χ4n) is 2.23. The normalized spacial score (nSPS) is 12.1. The van der Waals surface area contributed by atoms with Crippen molar-refractivity contribution in [2.24, 2.45) is 0 Å². The van der Waals surface area contributed by atoms with Crippen LogP contribution in [0.3, 0.4) is 0 Å². The first kappa shape index (κ1) is 22.2. The number of rotatable bonds is 6. The molecule has 0 aliphatic heterocycles. The zero-order valence-electron chi connectivity index (χ0n) is 16.3. The molecule has 1 aromatic rings. The maximum absolute atomic E-state index is 12.2. The lowest BCUT2D eigenvalue weighted by Crippen LogP contribution is -2.47. The molecule has 0 aliphatic carbocycles. The van der Waals surface area contributed by atoms with Gasteiger partial charge < -0.3 is 21.1 Å². The van der Waals surface area contributed by atoms with Crippen molar-refractivity contribution in [3.63, 3.8) is 0 Å². The number of anilines is 2. The molecular weight excluding hydrogens is 352 g/mol. The summed E-state index contributed by atoms with van der Waals surface area (Å²) in [6, 6.07) is 2.39. The summed E-state index contributed by atoms with van der Waals surface area (Å²) in [6.07, 6.45) is -0.947. The van der Waals surface area contributed by atoms with Crippen LogP contribution in [0.25, 0.3) is 0 Å². The standard InChI is InChI=1S/C18H28N4O5/c1-10-8-12(19)14(9-11(10)2)20-15(23)7-6-13(16(24)22-26)21-17(25)27-18(3,4)5/h8-9,13,26H,6-7,19H2,1-5H3,(H,20,23)(H,21,25)(H,22,24). The van der Waals surface area contributed by atoms with Crippen molar-refractivity contribution in [2.75, 3.05) is 11.1 Å². The molecule has 0 spiro atoms. The number of hydroxylamine groups is 1. The summed E-state index contributed by atoms with van der Waals surface area (Å²) in [4.78, 5) is 35.8. The van der Waals surface area contributed by atoms with Gasteiger partial charge in [0.15, 0.2) is 0 Å². The van der Waals surface area contributed by atoms with E-state index >= 15 is 0 Å². The third kappa shape index (κ3) is 7.53. The number of amides is 3. The van der Waals surface area contributed by atoms with E-state index in [9.17, 15) is 14.4 Å². The predicted molar refractivity (Wildman–Crippen MR) is 101 cm³/mol. The molecule has 0 saturated heterocycles. The van der Waals surface area contributed by atoms with Crippen molar-refractivity contribution in [1.29, 1.82) is 0 Å². The SMILES string of the molecule is Cc1cc(N)c(NC(=O)CCC(NC(=O)OC(C)(C)C)C(=O)NO)cc1C. The van der Waals surface area contributed by atoms with Crippen molar-refractivity contribution in [1.82, 2.24) is 10.8 Å². The summed E-state index contributed by atoms with van der Waals surface area (Å²) in [7, 11) is 0. The Kier molecular flexibility index (Phi) is 7.59. The summed E-state index contributed by atoms with van der Waals surface area (Å²) < 4.78 is 5.08. The third-order valence-electron chi connectivity index (χ3n) is 3.72. The van der Waals surface area contributed by atoms with Gasteiger partial charge in [-0.1, -0.05) is 0 Å². The van der Waals surface area contributed by atoms with Crippen molar-refractivity contribution in [2.45, 2.75) is 59.1 Å². The van der Waals surface area contributed by atoms with Crippen LogP contribution in [0.5, 0.6) is 0 Å². The average molecular weight is 380 g/mol. The molecule has 6 N–H and O–H groups in total. The summed E-state index contributed by atoms with van der Waals surface area (Å²) in [5.41, 5.74) is 9.52. The number of nitrogen functional groups attached to an aromatic ring is 1. The van der Waals surface area contributed by atoms with Crippen LogP contribution in [0.1, 0.15) is 44.7 Å². The van der Waals surface area contributed by atoms with Crippen LogP contribution in [-0.4, -0.2) is 34.8 Å². The Balaban J connectivity index is 2.69. The molecule has 150 valence electrons. The largest absolute Gasteiger partial charge is 0.444 e. The van der Waals surface area contributed by atoms with Crippen LogP contribution in [0.2, 0.25) is 0 Å². The van der Waals surface area contributed by atoms with Gasteiger partial charge in [-0.2, -0.15) is 0 Å². The minimum Gasteiger partial charge on any atom is -0.444 e. The van der Waals surface area contributed by atoms with Gasteiger partial charge in [0.05, 0.1) is 11.4 Å². The summed E-state index contributed by atoms with van der Waals surface area (Å²) >= 11 is 0. The topological polar surface area (TPSA) is 143 Å². The molecule has 1 aromatic carbocycles. The Morgan fingerprint density at radius 3 is 2.33 bits per heavy atom. The van der Waals surface area contributed by atoms with Gasteiger partial charge in [-0.15, -0.1) is 0 Å². The Hall–Kier alpha value is -2.81. The van der Waals surface area contributed by atoms with Gasteiger partial charge in [-0.05, 0) is 64.3 Å². The Morgan fingerprint density at radius 1 is 1.19 bits per heavy atom. The number of carbonyl (C=O) groups is 3. The molecule has 3 amide bonds. The predicted octanol–water partition coefficient (Wildman–Crippen LogP) is 2.00. The number of carbonyl (C=O) groups excluding carboxylic acids is 3. The average Bonchev–Trinajstić information content (AvgIpc) is 2.54. The van der Waals surface area contributed by atoms with Gasteiger partial charge in [0, 0.05) is 6.42 Å². The van der Waals surface area contributed by atoms with E-state index < -0.39 is 23.6 Å². The summed E-state index contributed by atoms with van der Waals surface area (Å²) in [5.74, 6) is -1.23. The zero-order valence-corrected chi connectivity index (χ0v) is 16.3. The van der Waals surface area contributed by atoms with E-state index in [1.165, 1.54) is 5.48 Å². The van der Waals surface area contributed by atoms with E-state index in [0.717, 1.165) is 11.1 Å². The quantitative estimate of drug-likeness (QED) is 0.290. The second-order valence-corrected chi connectivity index (χ2v) is 7.29. The Bertz CT molecular complexity index is 712. The van der Waals surface area contributed by atoms with Crippen LogP contribution in [0, 0.1) is 13.8 Å². The van der Waals surface area contributed by atoms with E-state index in [1.54, 1.807) is 32.9 Å². The molecule has 0 aromatic heterocycles. The summed E-state index contributed by atoms with van der Waals surface area (Å²) in [5, 5.41) is 13.8. The number of nitrogens with two attached hydrogens (primary N) is 1. The van der Waals surface area contributed by atoms with Gasteiger partial charge >= 0.3 is 6.09 Å². The van der Waals surface area contributed by atoms with Crippen molar-refractivity contribution < 1.29 is 24.3 Å². The second-order valence-electron chi connectivity index (χ2n) is 7.29. The van der Waals surface area contributed by atoms with Crippen molar-refractivity contribution >= 4 is 29.3 Å². The number of nitrogens with one attached hydrogen (secondary N) is 3. The molecular formula is C18H28N4O5. The van der Waals surface area contributed by atoms with E-state index in [-0.39, 0.29) is 18.7 Å². The van der Waals surface area contributed by atoms with Crippen molar-refractivity contribution in [3.8, 4) is 0 Å². The van der Waals surface area contributed by atoms with Crippen molar-refractivity contribution in [3.05, 3.63) is 23.3 Å². The van der Waals surface area contributed by atoms with Crippen LogP contribution in [-0.2, 0) is 14.3 Å². The van der Waals surface area contributed by atoms with Crippen LogP contribution >= 0.6 is 0 Å². The number of alkyl carbamates (subject to hydrolysis) is 1. The molecule has 0 fully saturated rings. The lowest BCUT2D eigenvalue weighted by molar-refractivity contribution is -0.131. The van der Waals surface area contributed by atoms with Gasteiger partial charge in [-0.25, -0.2) is 10.3 Å². The first-order valence-corrected chi connectivity index (χ1v) is 8.53. The first-order chi connectivity index (χ1) is 12.4. The highest BCUT2D eigenvalue weighted by Gasteiger charge is 2.25. The van der Waals surface area contributed by atoms with E-state index in [1.807, 2.05) is 13.8 Å². The van der Waals surface area contributed by atoms with Gasteiger partial charge in [0.2, 0.25) is 5.91 Å². The first-order valence-electron chi connectivity index (χ1n) is 8.53. The van der Waals surface area contributed by atoms with Crippen LogP contribution in [0.15, 0.2) is 12.1 Å². The molecule has 1 rings (SSSR count). The van der Waals surface area contributed by atoms with Crippen LogP contribution in [0.4, 0.5) is 16.2 Å². The lowest BCUT2D eigenvalue weighted by Gasteiger charge is -2.22. The second kappa shape index (κ2) is 9.22. The maximum Gasteiger partial charge on any atom is 0.408 e. The fourth-order valence-corrected chi connectivity index (χ4v) is 2.23. The number of hydrogen-bond donors (Lipinski definition) is 5. The molecule has 1 atom stereocenters. The minimum atomic E-state index is -1.13. The molecule has 0 radical (unpaired) electrons. The van der Waals surface area contributed by atoms with Gasteiger partial charge in [0.1, 0.15) is 11.6 Å². The highest BCUT2D eigenvalue weighted by atomic mass is 16.6. The molecule has 9 heteroatoms. The van der Waals surface area contributed by atoms with E-state index in [4.69, 9.17) is 15.7 Å². The van der Waals surface area contributed by atoms with Gasteiger partial charge in [-0.3, -0.25) is 14.8 Å². The molecule has 0 heterocycles. The number of hydrogen-bond acceptors (Lipinski definition) is 6.